The summed E-state index contributed by atoms with van der Waals surface area (Å²) < 4.78 is 68.0. The summed E-state index contributed by atoms with van der Waals surface area (Å²) in [5, 5.41) is 10.5. The van der Waals surface area contributed by atoms with Gasteiger partial charge in [-0.25, -0.2) is 9.13 Å². The Balaban J connectivity index is 5.24. The van der Waals surface area contributed by atoms with E-state index in [4.69, 9.17) is 37.0 Å². The van der Waals surface area contributed by atoms with E-state index in [1.54, 1.807) is 0 Å². The van der Waals surface area contributed by atoms with E-state index < -0.39 is 97.5 Å². The van der Waals surface area contributed by atoms with Crippen LogP contribution >= 0.6 is 15.6 Å². The molecule has 0 amide bonds. The lowest BCUT2D eigenvalue weighted by Gasteiger charge is -2.21. The molecule has 0 rings (SSSR count). The molecular weight excluding hydrogens is 1110 g/mol. The molecule has 0 aliphatic heterocycles. The van der Waals surface area contributed by atoms with Crippen LogP contribution in [-0.4, -0.2) is 96.7 Å². The van der Waals surface area contributed by atoms with Gasteiger partial charge in [-0.2, -0.15) is 0 Å². The smallest absolute Gasteiger partial charge is 0.462 e. The fourth-order valence-corrected chi connectivity index (χ4v) is 11.2. The van der Waals surface area contributed by atoms with Crippen LogP contribution < -0.4 is 0 Å². The third-order valence-electron chi connectivity index (χ3n) is 15.2. The zero-order valence-electron chi connectivity index (χ0n) is 54.4. The number of aliphatic hydroxyl groups excluding tert-OH is 1. The average Bonchev–Trinajstić information content (AvgIpc) is 3.52. The molecule has 0 radical (unpaired) electrons. The standard InChI is InChI=1S/C65H126O17P2/c1-8-10-11-12-13-17-24-32-39-46-62(67)75-53-61(82-65(70)49-42-35-28-27-30-37-44-57(5)6)55-80-84(73,74)78-51-59(66)50-77-83(71,72)79-54-60(52-76-63(68)47-40-33-25-21-20-23-31-38-45-58(7)9-2)81-64(69)48-41-34-26-19-16-14-15-18-22-29-36-43-56(3)4/h56-61,66H,8-55H2,1-7H3,(H,71,72)(H,73,74)/t58?,59-,60-,61-/m1/s1. The van der Waals surface area contributed by atoms with Crippen LogP contribution in [0, 0.1) is 17.8 Å². The lowest BCUT2D eigenvalue weighted by molar-refractivity contribution is -0.161. The molecule has 17 nitrogen and oxygen atoms in total. The van der Waals surface area contributed by atoms with Gasteiger partial charge in [0, 0.05) is 25.7 Å². The first-order chi connectivity index (χ1) is 40.3. The Morgan fingerprint density at radius 2 is 0.607 bits per heavy atom. The predicted octanol–water partition coefficient (Wildman–Crippen LogP) is 17.9. The first kappa shape index (κ1) is 82.1. The maximum absolute atomic E-state index is 13.0. The van der Waals surface area contributed by atoms with Gasteiger partial charge < -0.3 is 33.8 Å². The molecule has 3 unspecified atom stereocenters. The van der Waals surface area contributed by atoms with E-state index in [0.717, 1.165) is 102 Å². The van der Waals surface area contributed by atoms with Crippen molar-refractivity contribution in [3.8, 4) is 0 Å². The molecule has 3 N–H and O–H groups in total. The molecule has 0 aromatic heterocycles. The van der Waals surface area contributed by atoms with Crippen LogP contribution in [0.4, 0.5) is 0 Å². The molecule has 0 spiro atoms. The first-order valence-electron chi connectivity index (χ1n) is 33.9. The molecule has 6 atom stereocenters. The molecule has 0 aromatic carbocycles. The molecule has 0 aliphatic rings. The molecule has 0 aromatic rings. The third kappa shape index (κ3) is 57.8. The lowest BCUT2D eigenvalue weighted by atomic mass is 9.99. The number of rotatable bonds is 63. The van der Waals surface area contributed by atoms with Crippen LogP contribution in [0.3, 0.4) is 0 Å². The van der Waals surface area contributed by atoms with Crippen molar-refractivity contribution in [2.24, 2.45) is 17.8 Å². The Labute approximate surface area is 511 Å². The number of esters is 4. The van der Waals surface area contributed by atoms with E-state index in [-0.39, 0.29) is 25.7 Å². The van der Waals surface area contributed by atoms with Gasteiger partial charge in [-0.15, -0.1) is 0 Å². The number of carbonyl (C=O) groups is 4. The number of unbranched alkanes of at least 4 members (excludes halogenated alkanes) is 30. The third-order valence-corrected chi connectivity index (χ3v) is 17.1. The van der Waals surface area contributed by atoms with Crippen LogP contribution in [0.2, 0.25) is 0 Å². The Morgan fingerprint density at radius 3 is 0.905 bits per heavy atom. The summed E-state index contributed by atoms with van der Waals surface area (Å²) in [5.41, 5.74) is 0. The van der Waals surface area contributed by atoms with Crippen LogP contribution in [0.15, 0.2) is 0 Å². The fourth-order valence-electron chi connectivity index (χ4n) is 9.62. The Hall–Kier alpha value is -1.94. The predicted molar refractivity (Wildman–Crippen MR) is 335 cm³/mol. The van der Waals surface area contributed by atoms with Crippen LogP contribution in [0.1, 0.15) is 318 Å². The van der Waals surface area contributed by atoms with Gasteiger partial charge in [0.2, 0.25) is 0 Å². The van der Waals surface area contributed by atoms with Crippen LogP contribution in [0.25, 0.3) is 0 Å². The van der Waals surface area contributed by atoms with E-state index in [2.05, 4.69) is 48.5 Å². The highest BCUT2D eigenvalue weighted by molar-refractivity contribution is 7.47. The van der Waals surface area contributed by atoms with Crippen molar-refractivity contribution in [3.05, 3.63) is 0 Å². The van der Waals surface area contributed by atoms with Crippen molar-refractivity contribution < 1.29 is 80.2 Å². The topological polar surface area (TPSA) is 237 Å². The van der Waals surface area contributed by atoms with Gasteiger partial charge in [0.05, 0.1) is 26.4 Å². The van der Waals surface area contributed by atoms with Gasteiger partial charge in [0.15, 0.2) is 12.2 Å². The van der Waals surface area contributed by atoms with Gasteiger partial charge >= 0.3 is 39.5 Å². The van der Waals surface area contributed by atoms with E-state index in [1.807, 2.05) is 0 Å². The highest BCUT2D eigenvalue weighted by Crippen LogP contribution is 2.45. The normalized spacial score (nSPS) is 14.7. The monoisotopic (exact) mass is 1240 g/mol. The lowest BCUT2D eigenvalue weighted by Crippen LogP contribution is -2.30. The number of ether oxygens (including phenoxy) is 4. The second-order valence-corrected chi connectivity index (χ2v) is 27.6. The number of hydrogen-bond acceptors (Lipinski definition) is 15. The van der Waals surface area contributed by atoms with Crippen LogP contribution in [0.5, 0.6) is 0 Å². The van der Waals surface area contributed by atoms with Crippen molar-refractivity contribution in [1.29, 1.82) is 0 Å². The molecule has 0 aliphatic carbocycles. The average molecular weight is 1240 g/mol. The number of phosphoric acid groups is 2. The molecule has 0 saturated heterocycles. The van der Waals surface area contributed by atoms with Crippen molar-refractivity contribution in [3.63, 3.8) is 0 Å². The minimum Gasteiger partial charge on any atom is -0.462 e. The van der Waals surface area contributed by atoms with Crippen molar-refractivity contribution in [2.75, 3.05) is 39.6 Å². The number of aliphatic hydroxyl groups is 1. The Morgan fingerprint density at radius 1 is 0.345 bits per heavy atom. The highest BCUT2D eigenvalue weighted by atomic mass is 31.2. The summed E-state index contributed by atoms with van der Waals surface area (Å²) in [6.07, 6.45) is 37.7. The van der Waals surface area contributed by atoms with E-state index in [0.29, 0.717) is 31.6 Å². The van der Waals surface area contributed by atoms with E-state index in [9.17, 15) is 43.2 Å². The summed E-state index contributed by atoms with van der Waals surface area (Å²) in [6, 6.07) is 0. The van der Waals surface area contributed by atoms with Crippen LogP contribution in [-0.2, 0) is 65.4 Å². The summed E-state index contributed by atoms with van der Waals surface area (Å²) in [7, 11) is -9.89. The Bertz CT molecular complexity index is 1670. The molecule has 0 bridgehead atoms. The van der Waals surface area contributed by atoms with Gasteiger partial charge in [-0.1, -0.05) is 267 Å². The molecule has 19 heteroatoms. The van der Waals surface area contributed by atoms with Crippen molar-refractivity contribution in [1.82, 2.24) is 0 Å². The zero-order chi connectivity index (χ0) is 62.4. The highest BCUT2D eigenvalue weighted by Gasteiger charge is 2.30. The van der Waals surface area contributed by atoms with Gasteiger partial charge in [0.1, 0.15) is 19.3 Å². The van der Waals surface area contributed by atoms with Gasteiger partial charge in [-0.3, -0.25) is 37.3 Å². The van der Waals surface area contributed by atoms with Gasteiger partial charge in [-0.05, 0) is 43.4 Å². The quantitative estimate of drug-likeness (QED) is 0.0222. The second-order valence-electron chi connectivity index (χ2n) is 24.7. The summed E-state index contributed by atoms with van der Waals surface area (Å²) in [5.74, 6) is 0.0734. The van der Waals surface area contributed by atoms with Gasteiger partial charge in [0.25, 0.3) is 0 Å². The molecule has 0 saturated carbocycles. The SMILES string of the molecule is CCCCCCCCCCCC(=O)OC[C@H](COP(=O)(O)OC[C@H](O)COP(=O)(O)OC[C@@H](COC(=O)CCCCCCCCCCC(C)CC)OC(=O)CCCCCCCCCCCCCC(C)C)OC(=O)CCCCCCCCC(C)C. The largest absolute Gasteiger partial charge is 0.472 e. The summed E-state index contributed by atoms with van der Waals surface area (Å²) in [6.45, 7) is 11.7. The Kier molecular flexibility index (Phi) is 55.0. The molecular formula is C65H126O17P2. The maximum atomic E-state index is 13.0. The maximum Gasteiger partial charge on any atom is 0.472 e. The first-order valence-corrected chi connectivity index (χ1v) is 36.9. The summed E-state index contributed by atoms with van der Waals surface area (Å²) in [4.78, 5) is 72.2. The number of carbonyl (C=O) groups excluding carboxylic acids is 4. The molecule has 84 heavy (non-hydrogen) atoms. The molecule has 0 fully saturated rings. The van der Waals surface area contributed by atoms with E-state index >= 15 is 0 Å². The minimum atomic E-state index is -4.95. The van der Waals surface area contributed by atoms with Crippen molar-refractivity contribution >= 4 is 39.5 Å². The van der Waals surface area contributed by atoms with Crippen molar-refractivity contribution in [2.45, 2.75) is 336 Å². The molecule has 0 heterocycles. The zero-order valence-corrected chi connectivity index (χ0v) is 56.1. The molecule has 498 valence electrons. The van der Waals surface area contributed by atoms with E-state index in [1.165, 1.54) is 128 Å². The summed E-state index contributed by atoms with van der Waals surface area (Å²) >= 11 is 0. The number of hydrogen-bond donors (Lipinski definition) is 3. The minimum absolute atomic E-state index is 0.102. The number of phosphoric ester groups is 2. The second kappa shape index (κ2) is 56.3. The fraction of sp³-hybridized carbons (Fsp3) is 0.938.